The molecule has 0 aliphatic carbocycles. The summed E-state index contributed by atoms with van der Waals surface area (Å²) in [6, 6.07) is 27.4. The molecule has 0 atom stereocenters. The van der Waals surface area contributed by atoms with Gasteiger partial charge in [-0.2, -0.15) is 5.10 Å². The molecule has 0 unspecified atom stereocenters. The molecule has 0 saturated heterocycles. The number of hydrogen-bond acceptors (Lipinski definition) is 3. The highest BCUT2D eigenvalue weighted by molar-refractivity contribution is 7.99. The minimum Gasteiger partial charge on any atom is -0.271 e. The first-order chi connectivity index (χ1) is 14.5. The highest BCUT2D eigenvalue weighted by Crippen LogP contribution is 2.35. The molecule has 30 heavy (non-hydrogen) atoms. The third-order valence-corrected chi connectivity index (χ3v) is 6.53. The average Bonchev–Trinajstić information content (AvgIpc) is 3.05. The number of benzene rings is 3. The Hall–Kier alpha value is -2.82. The van der Waals surface area contributed by atoms with Gasteiger partial charge in [0.15, 0.2) is 0 Å². The van der Waals surface area contributed by atoms with Crippen molar-refractivity contribution in [2.24, 2.45) is 0 Å². The van der Waals surface area contributed by atoms with Crippen LogP contribution in [0.25, 0.3) is 0 Å². The van der Waals surface area contributed by atoms with Gasteiger partial charge in [-0.1, -0.05) is 84.0 Å². The minimum atomic E-state index is -0.418. The molecule has 0 amide bonds. The van der Waals surface area contributed by atoms with E-state index in [1.165, 1.54) is 0 Å². The number of nitrogens with zero attached hydrogens (tertiary/aromatic N) is 2. The summed E-state index contributed by atoms with van der Waals surface area (Å²) in [5.74, 6) is -0.477. The number of carbonyl (C=O) groups excluding carboxylic acids is 1. The highest BCUT2D eigenvalue weighted by atomic mass is 35.5. The van der Waals surface area contributed by atoms with E-state index in [1.807, 2.05) is 98.8 Å². The Morgan fingerprint density at radius 1 is 0.867 bits per heavy atom. The molecule has 3 aromatic carbocycles. The lowest BCUT2D eigenvalue weighted by molar-refractivity contribution is 0.0874. The summed E-state index contributed by atoms with van der Waals surface area (Å²) >= 11 is 7.60. The van der Waals surface area contributed by atoms with E-state index >= 15 is 0 Å². The van der Waals surface area contributed by atoms with Gasteiger partial charge in [-0.25, -0.2) is 4.68 Å². The van der Waals surface area contributed by atoms with Gasteiger partial charge in [0, 0.05) is 9.92 Å². The van der Waals surface area contributed by atoms with Crippen LogP contribution in [0.3, 0.4) is 0 Å². The standard InChI is InChI=1S/C25H21ClN2OS/c1-17-24(30-22-15-13-21(26)14-16-22)18(2)28(27-17)25(29)23(19-9-5-3-6-10-19)20-11-7-4-8-12-20/h3-16,23H,1-2H3. The van der Waals surface area contributed by atoms with Gasteiger partial charge >= 0.3 is 0 Å². The molecule has 4 aromatic rings. The van der Waals surface area contributed by atoms with Crippen LogP contribution in [0.5, 0.6) is 0 Å². The van der Waals surface area contributed by atoms with Crippen molar-refractivity contribution in [3.05, 3.63) is 112 Å². The third kappa shape index (κ3) is 4.20. The van der Waals surface area contributed by atoms with Crippen LogP contribution in [0.2, 0.25) is 5.02 Å². The van der Waals surface area contributed by atoms with Gasteiger partial charge in [-0.3, -0.25) is 4.79 Å². The lowest BCUT2D eigenvalue weighted by Gasteiger charge is -2.17. The second-order valence-corrected chi connectivity index (χ2v) is 8.58. The summed E-state index contributed by atoms with van der Waals surface area (Å²) in [6.07, 6.45) is 0. The first kappa shape index (κ1) is 20.5. The maximum absolute atomic E-state index is 13.7. The molecular formula is C25H21ClN2OS. The number of carbonyl (C=O) groups is 1. The van der Waals surface area contributed by atoms with Crippen molar-refractivity contribution >= 4 is 29.3 Å². The van der Waals surface area contributed by atoms with Crippen molar-refractivity contribution in [1.29, 1.82) is 0 Å². The van der Waals surface area contributed by atoms with E-state index in [1.54, 1.807) is 16.4 Å². The van der Waals surface area contributed by atoms with Crippen molar-refractivity contribution in [2.75, 3.05) is 0 Å². The van der Waals surface area contributed by atoms with E-state index in [9.17, 15) is 4.79 Å². The number of halogens is 1. The molecule has 0 N–H and O–H groups in total. The van der Waals surface area contributed by atoms with E-state index < -0.39 is 5.92 Å². The van der Waals surface area contributed by atoms with E-state index in [0.717, 1.165) is 32.3 Å². The number of rotatable bonds is 5. The molecule has 3 nitrogen and oxygen atoms in total. The zero-order valence-electron chi connectivity index (χ0n) is 16.7. The second-order valence-electron chi connectivity index (χ2n) is 7.06. The number of aryl methyl sites for hydroxylation is 1. The van der Waals surface area contributed by atoms with Crippen LogP contribution >= 0.6 is 23.4 Å². The van der Waals surface area contributed by atoms with Crippen LogP contribution in [-0.4, -0.2) is 15.7 Å². The molecule has 0 radical (unpaired) electrons. The lowest BCUT2D eigenvalue weighted by Crippen LogP contribution is -2.23. The zero-order chi connectivity index (χ0) is 21.1. The molecule has 0 aliphatic heterocycles. The van der Waals surface area contributed by atoms with E-state index in [2.05, 4.69) is 5.10 Å². The minimum absolute atomic E-state index is 0.0593. The van der Waals surface area contributed by atoms with E-state index in [4.69, 9.17) is 11.6 Å². The Balaban J connectivity index is 1.73. The first-order valence-electron chi connectivity index (χ1n) is 9.68. The van der Waals surface area contributed by atoms with Crippen LogP contribution in [-0.2, 0) is 0 Å². The molecule has 1 aromatic heterocycles. The Bertz CT molecular complexity index is 1120. The SMILES string of the molecule is Cc1nn(C(=O)C(c2ccccc2)c2ccccc2)c(C)c1Sc1ccc(Cl)cc1. The monoisotopic (exact) mass is 432 g/mol. The summed E-state index contributed by atoms with van der Waals surface area (Å²) in [4.78, 5) is 15.8. The molecule has 0 fully saturated rings. The third-order valence-electron chi connectivity index (χ3n) is 4.98. The maximum atomic E-state index is 13.7. The van der Waals surface area contributed by atoms with Gasteiger partial charge in [0.2, 0.25) is 0 Å². The molecule has 4 rings (SSSR count). The Labute approximate surface area is 185 Å². The fourth-order valence-corrected chi connectivity index (χ4v) is 4.56. The van der Waals surface area contributed by atoms with Gasteiger partial charge in [0.1, 0.15) is 0 Å². The van der Waals surface area contributed by atoms with Crippen LogP contribution in [0, 0.1) is 13.8 Å². The van der Waals surface area contributed by atoms with Gasteiger partial charge in [-0.15, -0.1) is 0 Å². The zero-order valence-corrected chi connectivity index (χ0v) is 18.3. The molecule has 150 valence electrons. The van der Waals surface area contributed by atoms with Crippen molar-refractivity contribution in [1.82, 2.24) is 9.78 Å². The Morgan fingerprint density at radius 3 is 1.93 bits per heavy atom. The molecule has 0 bridgehead atoms. The number of hydrogen-bond donors (Lipinski definition) is 0. The largest absolute Gasteiger partial charge is 0.271 e. The van der Waals surface area contributed by atoms with Crippen molar-refractivity contribution in [3.8, 4) is 0 Å². The molecule has 0 saturated carbocycles. The molecule has 0 spiro atoms. The molecular weight excluding hydrogens is 412 g/mol. The quantitative estimate of drug-likeness (QED) is 0.348. The predicted octanol–water partition coefficient (Wildman–Crippen LogP) is 6.78. The van der Waals surface area contributed by atoms with Gasteiger partial charge in [0.25, 0.3) is 5.91 Å². The molecule has 0 aliphatic rings. The molecule has 5 heteroatoms. The van der Waals surface area contributed by atoms with Crippen molar-refractivity contribution in [2.45, 2.75) is 29.6 Å². The Kier molecular flexibility index (Phi) is 6.07. The summed E-state index contributed by atoms with van der Waals surface area (Å²) in [5, 5.41) is 5.32. The highest BCUT2D eigenvalue weighted by Gasteiger charge is 2.27. The second kappa shape index (κ2) is 8.90. The van der Waals surface area contributed by atoms with E-state index in [0.29, 0.717) is 5.02 Å². The summed E-state index contributed by atoms with van der Waals surface area (Å²) < 4.78 is 1.55. The molecule has 1 heterocycles. The maximum Gasteiger partial charge on any atom is 0.259 e. The van der Waals surface area contributed by atoms with Crippen LogP contribution in [0.1, 0.15) is 33.2 Å². The summed E-state index contributed by atoms with van der Waals surface area (Å²) in [7, 11) is 0. The summed E-state index contributed by atoms with van der Waals surface area (Å²) in [6.45, 7) is 3.89. The van der Waals surface area contributed by atoms with Crippen molar-refractivity contribution in [3.63, 3.8) is 0 Å². The lowest BCUT2D eigenvalue weighted by atomic mass is 9.90. The topological polar surface area (TPSA) is 34.9 Å². The normalized spacial score (nSPS) is 11.1. The van der Waals surface area contributed by atoms with Gasteiger partial charge in [-0.05, 0) is 49.2 Å². The van der Waals surface area contributed by atoms with Crippen LogP contribution in [0.15, 0.2) is 94.7 Å². The van der Waals surface area contributed by atoms with E-state index in [-0.39, 0.29) is 5.91 Å². The van der Waals surface area contributed by atoms with Crippen LogP contribution in [0.4, 0.5) is 0 Å². The number of aromatic nitrogens is 2. The summed E-state index contributed by atoms with van der Waals surface area (Å²) in [5.41, 5.74) is 3.58. The van der Waals surface area contributed by atoms with Crippen LogP contribution < -0.4 is 0 Å². The average molecular weight is 433 g/mol. The Morgan fingerprint density at radius 2 is 1.40 bits per heavy atom. The fourth-order valence-electron chi connectivity index (χ4n) is 3.50. The first-order valence-corrected chi connectivity index (χ1v) is 10.9. The predicted molar refractivity (Wildman–Crippen MR) is 123 cm³/mol. The van der Waals surface area contributed by atoms with Gasteiger partial charge < -0.3 is 0 Å². The smallest absolute Gasteiger partial charge is 0.259 e. The van der Waals surface area contributed by atoms with Crippen molar-refractivity contribution < 1.29 is 4.79 Å². The fraction of sp³-hybridized carbons (Fsp3) is 0.120. The van der Waals surface area contributed by atoms with Gasteiger partial charge in [0.05, 0.1) is 22.2 Å².